The van der Waals surface area contributed by atoms with Gasteiger partial charge in [0, 0.05) is 12.2 Å². The van der Waals surface area contributed by atoms with Gasteiger partial charge in [-0.25, -0.2) is 0 Å². The summed E-state index contributed by atoms with van der Waals surface area (Å²) in [6.07, 6.45) is 1.56. The van der Waals surface area contributed by atoms with Gasteiger partial charge in [-0.3, -0.25) is 14.5 Å². The maximum atomic E-state index is 12.9. The van der Waals surface area contributed by atoms with Crippen LogP contribution in [0.4, 0.5) is 5.69 Å². The van der Waals surface area contributed by atoms with Gasteiger partial charge in [0.05, 0.1) is 5.57 Å². The van der Waals surface area contributed by atoms with Gasteiger partial charge in [-0.15, -0.1) is 6.58 Å². The van der Waals surface area contributed by atoms with E-state index in [4.69, 9.17) is 0 Å². The number of amides is 2. The van der Waals surface area contributed by atoms with Crippen LogP contribution in [0.25, 0.3) is 5.57 Å². The van der Waals surface area contributed by atoms with Gasteiger partial charge in [0.25, 0.3) is 11.8 Å². The van der Waals surface area contributed by atoms with Gasteiger partial charge in [-0.2, -0.15) is 0 Å². The van der Waals surface area contributed by atoms with Crippen molar-refractivity contribution in [3.63, 3.8) is 0 Å². The molecule has 4 nitrogen and oxygen atoms in total. The number of aryl methyl sites for hydroxylation is 3. The fourth-order valence-corrected chi connectivity index (χ4v) is 3.06. The van der Waals surface area contributed by atoms with E-state index in [0.717, 1.165) is 27.9 Å². The molecule has 26 heavy (non-hydrogen) atoms. The molecule has 0 radical (unpaired) electrons. The van der Waals surface area contributed by atoms with Gasteiger partial charge in [0.1, 0.15) is 5.70 Å². The van der Waals surface area contributed by atoms with E-state index in [9.17, 15) is 9.59 Å². The fourth-order valence-electron chi connectivity index (χ4n) is 3.06. The van der Waals surface area contributed by atoms with E-state index in [1.165, 1.54) is 4.90 Å². The first-order valence-electron chi connectivity index (χ1n) is 8.55. The largest absolute Gasteiger partial charge is 0.350 e. The Balaban J connectivity index is 2.10. The molecule has 132 valence electrons. The third kappa shape index (κ3) is 3.18. The van der Waals surface area contributed by atoms with Crippen molar-refractivity contribution in [1.82, 2.24) is 4.90 Å². The minimum absolute atomic E-state index is 0.186. The van der Waals surface area contributed by atoms with Crippen LogP contribution in [0.2, 0.25) is 0 Å². The van der Waals surface area contributed by atoms with Crippen LogP contribution < -0.4 is 5.32 Å². The molecule has 0 unspecified atom stereocenters. The zero-order valence-corrected chi connectivity index (χ0v) is 15.3. The number of nitrogens with zero attached hydrogens (tertiary/aromatic N) is 1. The van der Waals surface area contributed by atoms with Gasteiger partial charge in [0.15, 0.2) is 0 Å². The normalized spacial score (nSPS) is 14.2. The predicted octanol–water partition coefficient (Wildman–Crippen LogP) is 3.99. The van der Waals surface area contributed by atoms with Crippen molar-refractivity contribution in [2.24, 2.45) is 0 Å². The van der Waals surface area contributed by atoms with E-state index in [2.05, 4.69) is 11.9 Å². The maximum absolute atomic E-state index is 12.9. The minimum atomic E-state index is -0.328. The monoisotopic (exact) mass is 346 g/mol. The molecular weight excluding hydrogens is 324 g/mol. The molecule has 0 aromatic heterocycles. The smallest absolute Gasteiger partial charge is 0.278 e. The van der Waals surface area contributed by atoms with Crippen molar-refractivity contribution >= 4 is 23.1 Å². The van der Waals surface area contributed by atoms with E-state index in [1.807, 2.05) is 63.2 Å². The molecule has 1 heterocycles. The maximum Gasteiger partial charge on any atom is 0.278 e. The van der Waals surface area contributed by atoms with Crippen LogP contribution in [0.5, 0.6) is 0 Å². The minimum Gasteiger partial charge on any atom is -0.350 e. The second-order valence-electron chi connectivity index (χ2n) is 6.57. The molecule has 0 aliphatic carbocycles. The van der Waals surface area contributed by atoms with Crippen LogP contribution in [0.15, 0.2) is 60.8 Å². The zero-order chi connectivity index (χ0) is 18.8. The highest BCUT2D eigenvalue weighted by molar-refractivity contribution is 6.36. The Morgan fingerprint density at radius 3 is 2.23 bits per heavy atom. The van der Waals surface area contributed by atoms with E-state index in [1.54, 1.807) is 6.08 Å². The summed E-state index contributed by atoms with van der Waals surface area (Å²) >= 11 is 0. The number of nitrogens with one attached hydrogen (secondary N) is 1. The van der Waals surface area contributed by atoms with Gasteiger partial charge in [-0.1, -0.05) is 53.6 Å². The molecule has 1 aliphatic rings. The summed E-state index contributed by atoms with van der Waals surface area (Å²) in [6.45, 7) is 9.81. The van der Waals surface area contributed by atoms with Crippen molar-refractivity contribution in [2.75, 3.05) is 11.9 Å². The molecule has 3 rings (SSSR count). The molecule has 0 spiro atoms. The molecule has 0 bridgehead atoms. The molecule has 1 aliphatic heterocycles. The van der Waals surface area contributed by atoms with Crippen LogP contribution >= 0.6 is 0 Å². The lowest BCUT2D eigenvalue weighted by atomic mass is 10.0. The second kappa shape index (κ2) is 7.00. The Morgan fingerprint density at radius 1 is 0.962 bits per heavy atom. The van der Waals surface area contributed by atoms with Crippen LogP contribution in [0.1, 0.15) is 22.3 Å². The quantitative estimate of drug-likeness (QED) is 0.658. The number of benzene rings is 2. The molecule has 4 heteroatoms. The van der Waals surface area contributed by atoms with E-state index < -0.39 is 0 Å². The van der Waals surface area contributed by atoms with Crippen molar-refractivity contribution in [1.29, 1.82) is 0 Å². The summed E-state index contributed by atoms with van der Waals surface area (Å²) in [7, 11) is 0. The lowest BCUT2D eigenvalue weighted by molar-refractivity contribution is -0.136. The summed E-state index contributed by atoms with van der Waals surface area (Å²) in [4.78, 5) is 27.0. The lowest BCUT2D eigenvalue weighted by Crippen LogP contribution is -2.32. The molecule has 0 saturated carbocycles. The molecule has 2 aromatic rings. The molecule has 2 amide bonds. The van der Waals surface area contributed by atoms with Crippen molar-refractivity contribution in [3.8, 4) is 0 Å². The molecule has 2 aromatic carbocycles. The average Bonchev–Trinajstić information content (AvgIpc) is 2.83. The van der Waals surface area contributed by atoms with Crippen LogP contribution in [-0.4, -0.2) is 23.3 Å². The van der Waals surface area contributed by atoms with Gasteiger partial charge < -0.3 is 5.32 Å². The highest BCUT2D eigenvalue weighted by atomic mass is 16.2. The number of anilines is 1. The molecule has 0 atom stereocenters. The van der Waals surface area contributed by atoms with E-state index in [-0.39, 0.29) is 18.4 Å². The van der Waals surface area contributed by atoms with Crippen LogP contribution in [0, 0.1) is 20.8 Å². The topological polar surface area (TPSA) is 49.4 Å². The summed E-state index contributed by atoms with van der Waals surface area (Å²) < 4.78 is 0. The second-order valence-corrected chi connectivity index (χ2v) is 6.57. The van der Waals surface area contributed by atoms with Gasteiger partial charge in [-0.05, 0) is 38.0 Å². The highest BCUT2D eigenvalue weighted by Gasteiger charge is 2.38. The first kappa shape index (κ1) is 17.7. The predicted molar refractivity (Wildman–Crippen MR) is 105 cm³/mol. The average molecular weight is 346 g/mol. The van der Waals surface area contributed by atoms with Crippen molar-refractivity contribution in [3.05, 3.63) is 83.1 Å². The zero-order valence-electron chi connectivity index (χ0n) is 15.3. The lowest BCUT2D eigenvalue weighted by Gasteiger charge is -2.13. The Labute approximate surface area is 153 Å². The summed E-state index contributed by atoms with van der Waals surface area (Å²) in [5, 5.41) is 3.20. The molecule has 0 saturated heterocycles. The third-order valence-corrected chi connectivity index (χ3v) is 4.46. The Kier molecular flexibility index (Phi) is 4.76. The van der Waals surface area contributed by atoms with E-state index >= 15 is 0 Å². The molecule has 0 fully saturated rings. The fraction of sp³-hybridized carbons (Fsp3) is 0.182. The number of imide groups is 1. The summed E-state index contributed by atoms with van der Waals surface area (Å²) in [5.74, 6) is -0.628. The Morgan fingerprint density at radius 2 is 1.62 bits per heavy atom. The van der Waals surface area contributed by atoms with Crippen molar-refractivity contribution < 1.29 is 9.59 Å². The third-order valence-electron chi connectivity index (χ3n) is 4.46. The first-order chi connectivity index (χ1) is 12.4. The number of rotatable bonds is 5. The first-order valence-corrected chi connectivity index (χ1v) is 8.55. The van der Waals surface area contributed by atoms with E-state index in [0.29, 0.717) is 11.3 Å². The molecular formula is C22H22N2O2. The van der Waals surface area contributed by atoms with Gasteiger partial charge in [0.2, 0.25) is 0 Å². The Hall–Kier alpha value is -3.14. The Bertz CT molecular complexity index is 924. The SMILES string of the molecule is C=CCN1C(=O)C(Nc2ccc(C)cc2C)=C(c2ccc(C)cc2)C1=O. The van der Waals surface area contributed by atoms with Crippen molar-refractivity contribution in [2.45, 2.75) is 20.8 Å². The molecule has 1 N–H and O–H groups in total. The standard InChI is InChI=1S/C22H22N2O2/c1-5-12-24-21(25)19(17-9-6-14(2)7-10-17)20(22(24)26)23-18-11-8-15(3)13-16(18)4/h5-11,13,23H,1,12H2,2-4H3. The van der Waals surface area contributed by atoms with Gasteiger partial charge >= 0.3 is 0 Å². The number of hydrogen-bond acceptors (Lipinski definition) is 3. The number of carbonyl (C=O) groups excluding carboxylic acids is 2. The highest BCUT2D eigenvalue weighted by Crippen LogP contribution is 2.31. The van der Waals surface area contributed by atoms with Crippen LogP contribution in [-0.2, 0) is 9.59 Å². The summed E-state index contributed by atoms with van der Waals surface area (Å²) in [6, 6.07) is 13.6. The number of hydrogen-bond donors (Lipinski definition) is 1. The summed E-state index contributed by atoms with van der Waals surface area (Å²) in [5.41, 5.74) is 5.51. The number of carbonyl (C=O) groups is 2. The van der Waals surface area contributed by atoms with Crippen LogP contribution in [0.3, 0.4) is 0 Å².